The lowest BCUT2D eigenvalue weighted by Gasteiger charge is -1.95. The van der Waals surface area contributed by atoms with Gasteiger partial charge in [0.2, 0.25) is 0 Å². The van der Waals surface area contributed by atoms with E-state index in [1.807, 2.05) is 0 Å². The molecule has 0 aromatic rings. The maximum atomic E-state index is 11.4. The van der Waals surface area contributed by atoms with Gasteiger partial charge in [0.05, 0.1) is 0 Å². The van der Waals surface area contributed by atoms with Crippen LogP contribution in [0.2, 0.25) is 0 Å². The number of hydrogen-bond donors (Lipinski definition) is 0. The Hall–Kier alpha value is -0.730. The molecule has 0 saturated carbocycles. The van der Waals surface area contributed by atoms with E-state index in [1.54, 1.807) is 6.08 Å². The standard InChI is InChI=1S/C7H9F3/c1-2-3-4-5-6-7(8,9)10/h2,5-6H,1,3-4H2/b6-5-. The first-order chi connectivity index (χ1) is 4.56. The first-order valence-electron chi connectivity index (χ1n) is 2.91. The molecule has 3 heteroatoms. The van der Waals surface area contributed by atoms with Crippen LogP contribution in [0.5, 0.6) is 0 Å². The zero-order valence-electron chi connectivity index (χ0n) is 5.49. The molecule has 0 unspecified atom stereocenters. The van der Waals surface area contributed by atoms with Crippen LogP contribution in [0, 0.1) is 0 Å². The smallest absolute Gasteiger partial charge is 0.167 e. The zero-order chi connectivity index (χ0) is 8.04. The highest BCUT2D eigenvalue weighted by atomic mass is 19.4. The summed E-state index contributed by atoms with van der Waals surface area (Å²) in [5, 5.41) is 0. The lowest BCUT2D eigenvalue weighted by molar-refractivity contribution is -0.0800. The Balaban J connectivity index is 3.46. The summed E-state index contributed by atoms with van der Waals surface area (Å²) in [4.78, 5) is 0. The summed E-state index contributed by atoms with van der Waals surface area (Å²) < 4.78 is 34.1. The quantitative estimate of drug-likeness (QED) is 0.428. The summed E-state index contributed by atoms with van der Waals surface area (Å²) in [6.45, 7) is 3.38. The van der Waals surface area contributed by atoms with Crippen molar-refractivity contribution in [3.05, 3.63) is 24.8 Å². The molecular formula is C7H9F3. The fourth-order valence-electron chi connectivity index (χ4n) is 0.431. The molecule has 0 aromatic heterocycles. The number of halogens is 3. The lowest BCUT2D eigenvalue weighted by atomic mass is 10.3. The van der Waals surface area contributed by atoms with Gasteiger partial charge in [0.15, 0.2) is 0 Å². The van der Waals surface area contributed by atoms with Crippen LogP contribution in [0.25, 0.3) is 0 Å². The molecule has 10 heavy (non-hydrogen) atoms. The van der Waals surface area contributed by atoms with Crippen LogP contribution in [-0.2, 0) is 0 Å². The average molecular weight is 150 g/mol. The van der Waals surface area contributed by atoms with Crippen molar-refractivity contribution in [2.75, 3.05) is 0 Å². The van der Waals surface area contributed by atoms with E-state index >= 15 is 0 Å². The predicted octanol–water partition coefficient (Wildman–Crippen LogP) is 3.07. The van der Waals surface area contributed by atoms with Gasteiger partial charge in [0.1, 0.15) is 0 Å². The highest BCUT2D eigenvalue weighted by Crippen LogP contribution is 2.16. The maximum Gasteiger partial charge on any atom is 0.409 e. The van der Waals surface area contributed by atoms with Crippen molar-refractivity contribution in [1.82, 2.24) is 0 Å². The first kappa shape index (κ1) is 9.27. The van der Waals surface area contributed by atoms with Crippen LogP contribution in [-0.4, -0.2) is 6.18 Å². The summed E-state index contributed by atoms with van der Waals surface area (Å²) in [5.41, 5.74) is 0. The molecule has 0 radical (unpaired) electrons. The molecule has 0 aromatic carbocycles. The third-order valence-corrected chi connectivity index (χ3v) is 0.844. The van der Waals surface area contributed by atoms with Crippen LogP contribution < -0.4 is 0 Å². The predicted molar refractivity (Wildman–Crippen MR) is 34.6 cm³/mol. The van der Waals surface area contributed by atoms with Crippen molar-refractivity contribution in [1.29, 1.82) is 0 Å². The summed E-state index contributed by atoms with van der Waals surface area (Å²) in [6.07, 6.45) is -0.240. The van der Waals surface area contributed by atoms with Gasteiger partial charge < -0.3 is 0 Å². The Kier molecular flexibility index (Phi) is 3.84. The van der Waals surface area contributed by atoms with E-state index in [1.165, 1.54) is 0 Å². The topological polar surface area (TPSA) is 0 Å². The molecule has 0 amide bonds. The van der Waals surface area contributed by atoms with Crippen molar-refractivity contribution in [3.8, 4) is 0 Å². The van der Waals surface area contributed by atoms with E-state index in [9.17, 15) is 13.2 Å². The largest absolute Gasteiger partial charge is 0.409 e. The Labute approximate surface area is 58.0 Å². The van der Waals surface area contributed by atoms with E-state index in [0.29, 0.717) is 12.8 Å². The molecule has 0 fully saturated rings. The first-order valence-corrected chi connectivity index (χ1v) is 2.91. The van der Waals surface area contributed by atoms with E-state index in [0.717, 1.165) is 6.08 Å². The Morgan fingerprint density at radius 3 is 2.20 bits per heavy atom. The Bertz CT molecular complexity index is 121. The molecule has 0 atom stereocenters. The van der Waals surface area contributed by atoms with Gasteiger partial charge in [-0.2, -0.15) is 13.2 Å². The molecule has 0 N–H and O–H groups in total. The molecule has 0 aliphatic heterocycles. The van der Waals surface area contributed by atoms with Crippen LogP contribution in [0.4, 0.5) is 13.2 Å². The lowest BCUT2D eigenvalue weighted by Crippen LogP contribution is -2.00. The highest BCUT2D eigenvalue weighted by molar-refractivity contribution is 4.89. The second kappa shape index (κ2) is 4.14. The van der Waals surface area contributed by atoms with Gasteiger partial charge in [-0.1, -0.05) is 12.2 Å². The van der Waals surface area contributed by atoms with Gasteiger partial charge in [0.25, 0.3) is 0 Å². The molecule has 0 aliphatic carbocycles. The molecule has 0 nitrogen and oxygen atoms in total. The molecule has 0 aliphatic rings. The van der Waals surface area contributed by atoms with Gasteiger partial charge >= 0.3 is 6.18 Å². The molecule has 58 valence electrons. The van der Waals surface area contributed by atoms with Crippen molar-refractivity contribution < 1.29 is 13.2 Å². The SMILES string of the molecule is C=CCC/C=C\C(F)(F)F. The molecule has 0 spiro atoms. The third-order valence-electron chi connectivity index (χ3n) is 0.844. The molecule has 0 saturated heterocycles. The molecule has 0 rings (SSSR count). The summed E-state index contributed by atoms with van der Waals surface area (Å²) in [5.74, 6) is 0. The minimum atomic E-state index is -4.17. The van der Waals surface area contributed by atoms with E-state index in [-0.39, 0.29) is 6.08 Å². The van der Waals surface area contributed by atoms with Crippen molar-refractivity contribution >= 4 is 0 Å². The Morgan fingerprint density at radius 2 is 1.80 bits per heavy atom. The van der Waals surface area contributed by atoms with Crippen LogP contribution in [0.15, 0.2) is 24.8 Å². The minimum Gasteiger partial charge on any atom is -0.167 e. The number of rotatable bonds is 3. The molecule has 0 heterocycles. The van der Waals surface area contributed by atoms with E-state index in [2.05, 4.69) is 6.58 Å². The fourth-order valence-corrected chi connectivity index (χ4v) is 0.431. The van der Waals surface area contributed by atoms with Crippen LogP contribution >= 0.6 is 0 Å². The average Bonchev–Trinajstić information content (AvgIpc) is 1.78. The van der Waals surface area contributed by atoms with E-state index < -0.39 is 6.18 Å². The molecule has 0 bridgehead atoms. The number of alkyl halides is 3. The van der Waals surface area contributed by atoms with Crippen molar-refractivity contribution in [2.24, 2.45) is 0 Å². The van der Waals surface area contributed by atoms with E-state index in [4.69, 9.17) is 0 Å². The maximum absolute atomic E-state index is 11.4. The third kappa shape index (κ3) is 7.27. The minimum absolute atomic E-state index is 0.247. The number of unbranched alkanes of at least 4 members (excludes halogenated alkanes) is 1. The van der Waals surface area contributed by atoms with Crippen LogP contribution in [0.3, 0.4) is 0 Å². The normalized spacial score (nSPS) is 12.3. The summed E-state index contributed by atoms with van der Waals surface area (Å²) >= 11 is 0. The number of allylic oxidation sites excluding steroid dienone is 3. The van der Waals surface area contributed by atoms with Gasteiger partial charge in [-0.3, -0.25) is 0 Å². The molecular weight excluding hydrogens is 141 g/mol. The van der Waals surface area contributed by atoms with Gasteiger partial charge in [0, 0.05) is 6.08 Å². The van der Waals surface area contributed by atoms with Crippen LogP contribution in [0.1, 0.15) is 12.8 Å². The second-order valence-electron chi connectivity index (χ2n) is 1.81. The van der Waals surface area contributed by atoms with Crippen molar-refractivity contribution in [2.45, 2.75) is 19.0 Å². The Morgan fingerprint density at radius 1 is 1.20 bits per heavy atom. The highest BCUT2D eigenvalue weighted by Gasteiger charge is 2.21. The summed E-state index contributed by atoms with van der Waals surface area (Å²) in [6, 6.07) is 0. The second-order valence-corrected chi connectivity index (χ2v) is 1.81. The fraction of sp³-hybridized carbons (Fsp3) is 0.429. The summed E-state index contributed by atoms with van der Waals surface area (Å²) in [7, 11) is 0. The van der Waals surface area contributed by atoms with Gasteiger partial charge in [-0.05, 0) is 12.8 Å². The van der Waals surface area contributed by atoms with Gasteiger partial charge in [-0.15, -0.1) is 6.58 Å². The number of hydrogen-bond acceptors (Lipinski definition) is 0. The van der Waals surface area contributed by atoms with Crippen molar-refractivity contribution in [3.63, 3.8) is 0 Å². The van der Waals surface area contributed by atoms with Gasteiger partial charge in [-0.25, -0.2) is 0 Å². The monoisotopic (exact) mass is 150 g/mol. The zero-order valence-corrected chi connectivity index (χ0v) is 5.49.